The normalized spacial score (nSPS) is 23.7. The van der Waals surface area contributed by atoms with E-state index >= 15 is 0 Å². The van der Waals surface area contributed by atoms with Crippen molar-refractivity contribution in [2.75, 3.05) is 27.2 Å². The van der Waals surface area contributed by atoms with Gasteiger partial charge in [-0.25, -0.2) is 4.79 Å². The van der Waals surface area contributed by atoms with E-state index in [9.17, 15) is 9.59 Å². The maximum Gasteiger partial charge on any atom is 0.319 e. The van der Waals surface area contributed by atoms with Crippen LogP contribution in [0.3, 0.4) is 0 Å². The number of benzene rings is 1. The fourth-order valence-electron chi connectivity index (χ4n) is 3.39. The van der Waals surface area contributed by atoms with Gasteiger partial charge in [0.05, 0.1) is 0 Å². The van der Waals surface area contributed by atoms with E-state index in [2.05, 4.69) is 5.32 Å². The summed E-state index contributed by atoms with van der Waals surface area (Å²) in [5.41, 5.74) is 1.12. The molecule has 2 aliphatic rings. The smallest absolute Gasteiger partial charge is 0.319 e. The van der Waals surface area contributed by atoms with Gasteiger partial charge in [-0.15, -0.1) is 0 Å². The highest BCUT2D eigenvalue weighted by molar-refractivity contribution is 6.31. The van der Waals surface area contributed by atoms with Crippen molar-refractivity contribution in [1.29, 1.82) is 0 Å². The van der Waals surface area contributed by atoms with Crippen LogP contribution >= 0.6 is 11.6 Å². The van der Waals surface area contributed by atoms with Gasteiger partial charge in [-0.3, -0.25) is 4.79 Å². The lowest BCUT2D eigenvalue weighted by Crippen LogP contribution is -2.46. The molecule has 6 heteroatoms. The van der Waals surface area contributed by atoms with Crippen molar-refractivity contribution < 1.29 is 9.59 Å². The summed E-state index contributed by atoms with van der Waals surface area (Å²) in [6.07, 6.45) is 2.41. The molecule has 1 saturated carbocycles. The summed E-state index contributed by atoms with van der Waals surface area (Å²) in [6, 6.07) is 8.05. The Morgan fingerprint density at radius 3 is 2.50 bits per heavy atom. The van der Waals surface area contributed by atoms with Crippen LogP contribution in [0.25, 0.3) is 0 Å². The second-order valence-corrected chi connectivity index (χ2v) is 7.32. The molecule has 0 radical (unpaired) electrons. The number of halogens is 1. The number of nitrogens with zero attached hydrogens (tertiary/aromatic N) is 2. The third-order valence-corrected chi connectivity index (χ3v) is 5.29. The topological polar surface area (TPSA) is 52.7 Å². The van der Waals surface area contributed by atoms with Gasteiger partial charge in [-0.1, -0.05) is 29.8 Å². The number of likely N-dealkylation sites (tertiary alicyclic amines) is 1. The molecule has 1 aliphatic heterocycles. The van der Waals surface area contributed by atoms with Crippen LogP contribution in [0, 0.1) is 5.92 Å². The second kappa shape index (κ2) is 7.01. The quantitative estimate of drug-likeness (QED) is 0.912. The number of nitrogens with one attached hydrogen (secondary N) is 1. The summed E-state index contributed by atoms with van der Waals surface area (Å²) in [7, 11) is 3.51. The van der Waals surface area contributed by atoms with Crippen molar-refractivity contribution in [3.63, 3.8) is 0 Å². The first-order valence-corrected chi connectivity index (χ1v) is 8.86. The standard InChI is InChI=1S/C18H24ClN3O2/c1-21(2)18(24)22-9-7-12(8-10-22)17(23)20-16-11-14(16)13-5-3-4-6-15(13)19/h3-6,12,14,16H,7-11H2,1-2H3,(H,20,23)/t14-,16-/m1/s1. The van der Waals surface area contributed by atoms with Gasteiger partial charge in [0.1, 0.15) is 0 Å². The largest absolute Gasteiger partial charge is 0.352 e. The number of amides is 3. The van der Waals surface area contributed by atoms with Gasteiger partial charge in [0.2, 0.25) is 5.91 Å². The number of carbonyl (C=O) groups excluding carboxylic acids is 2. The van der Waals surface area contributed by atoms with Crippen LogP contribution in [0.15, 0.2) is 24.3 Å². The van der Waals surface area contributed by atoms with Crippen molar-refractivity contribution in [1.82, 2.24) is 15.1 Å². The van der Waals surface area contributed by atoms with Gasteiger partial charge >= 0.3 is 6.03 Å². The first-order chi connectivity index (χ1) is 11.5. The van der Waals surface area contributed by atoms with Crippen molar-refractivity contribution in [2.24, 2.45) is 5.92 Å². The first-order valence-electron chi connectivity index (χ1n) is 8.48. The molecule has 0 spiro atoms. The summed E-state index contributed by atoms with van der Waals surface area (Å²) in [4.78, 5) is 27.8. The molecule has 1 heterocycles. The maximum absolute atomic E-state index is 12.5. The van der Waals surface area contributed by atoms with Gasteiger partial charge in [0.25, 0.3) is 0 Å². The fourth-order valence-corrected chi connectivity index (χ4v) is 3.67. The SMILES string of the molecule is CN(C)C(=O)N1CCC(C(=O)N[C@@H]2C[C@@H]2c2ccccc2Cl)CC1. The van der Waals surface area contributed by atoms with E-state index in [1.165, 1.54) is 0 Å². The van der Waals surface area contributed by atoms with E-state index in [-0.39, 0.29) is 23.9 Å². The molecule has 2 fully saturated rings. The van der Waals surface area contributed by atoms with Crippen LogP contribution in [-0.2, 0) is 4.79 Å². The maximum atomic E-state index is 12.5. The van der Waals surface area contributed by atoms with Crippen LogP contribution < -0.4 is 5.32 Å². The zero-order chi connectivity index (χ0) is 17.3. The summed E-state index contributed by atoms with van der Waals surface area (Å²) in [5.74, 6) is 0.452. The van der Waals surface area contributed by atoms with Crippen LogP contribution in [-0.4, -0.2) is 55.0 Å². The minimum Gasteiger partial charge on any atom is -0.352 e. The molecule has 1 aliphatic carbocycles. The van der Waals surface area contributed by atoms with Crippen molar-refractivity contribution in [3.8, 4) is 0 Å². The van der Waals surface area contributed by atoms with Crippen molar-refractivity contribution in [2.45, 2.75) is 31.2 Å². The lowest BCUT2D eigenvalue weighted by molar-refractivity contribution is -0.126. The summed E-state index contributed by atoms with van der Waals surface area (Å²) >= 11 is 6.23. The van der Waals surface area contributed by atoms with Crippen LogP contribution in [0.5, 0.6) is 0 Å². The molecule has 130 valence electrons. The van der Waals surface area contributed by atoms with Crippen molar-refractivity contribution >= 4 is 23.5 Å². The minimum absolute atomic E-state index is 0.00343. The molecule has 3 amide bonds. The molecular weight excluding hydrogens is 326 g/mol. The molecule has 5 nitrogen and oxygen atoms in total. The zero-order valence-corrected chi connectivity index (χ0v) is 14.9. The Morgan fingerprint density at radius 2 is 1.88 bits per heavy atom. The molecule has 3 rings (SSSR count). The number of carbonyl (C=O) groups is 2. The Labute approximate surface area is 147 Å². The highest BCUT2D eigenvalue weighted by atomic mass is 35.5. The first kappa shape index (κ1) is 17.1. The van der Waals surface area contributed by atoms with E-state index in [0.717, 1.165) is 29.8 Å². The van der Waals surface area contributed by atoms with Gasteiger partial charge in [-0.05, 0) is 30.9 Å². The summed E-state index contributed by atoms with van der Waals surface area (Å²) < 4.78 is 0. The molecule has 0 bridgehead atoms. The average molecular weight is 350 g/mol. The van der Waals surface area contributed by atoms with Gasteiger partial charge < -0.3 is 15.1 Å². The Kier molecular flexibility index (Phi) is 4.99. The Balaban J connectivity index is 1.48. The molecule has 0 aromatic heterocycles. The Morgan fingerprint density at radius 1 is 1.21 bits per heavy atom. The molecule has 1 aromatic rings. The molecule has 1 N–H and O–H groups in total. The van der Waals surface area contributed by atoms with Crippen LogP contribution in [0.2, 0.25) is 5.02 Å². The summed E-state index contributed by atoms with van der Waals surface area (Å²) in [5, 5.41) is 3.93. The zero-order valence-electron chi connectivity index (χ0n) is 14.2. The third-order valence-electron chi connectivity index (χ3n) is 4.94. The van der Waals surface area contributed by atoms with E-state index in [1.54, 1.807) is 19.0 Å². The van der Waals surface area contributed by atoms with E-state index in [4.69, 9.17) is 11.6 Å². The highest BCUT2D eigenvalue weighted by Crippen LogP contribution is 2.43. The van der Waals surface area contributed by atoms with E-state index < -0.39 is 0 Å². The predicted octanol–water partition coefficient (Wildman–Crippen LogP) is 2.71. The number of hydrogen-bond acceptors (Lipinski definition) is 2. The Hall–Kier alpha value is -1.75. The van der Waals surface area contributed by atoms with E-state index in [1.807, 2.05) is 29.2 Å². The number of urea groups is 1. The lowest BCUT2D eigenvalue weighted by Gasteiger charge is -2.33. The molecule has 1 aromatic carbocycles. The second-order valence-electron chi connectivity index (χ2n) is 6.92. The number of rotatable bonds is 3. The molecule has 1 saturated heterocycles. The predicted molar refractivity (Wildman–Crippen MR) is 94.1 cm³/mol. The van der Waals surface area contributed by atoms with Crippen LogP contribution in [0.1, 0.15) is 30.7 Å². The highest BCUT2D eigenvalue weighted by Gasteiger charge is 2.41. The van der Waals surface area contributed by atoms with Crippen molar-refractivity contribution in [3.05, 3.63) is 34.9 Å². The fraction of sp³-hybridized carbons (Fsp3) is 0.556. The van der Waals surface area contributed by atoms with Gasteiger partial charge in [-0.2, -0.15) is 0 Å². The molecule has 2 atom stereocenters. The molecule has 0 unspecified atom stereocenters. The monoisotopic (exact) mass is 349 g/mol. The third kappa shape index (κ3) is 3.66. The molecular formula is C18H24ClN3O2. The number of piperidine rings is 1. The van der Waals surface area contributed by atoms with Crippen LogP contribution in [0.4, 0.5) is 4.79 Å². The Bertz CT molecular complexity index is 626. The average Bonchev–Trinajstić information content (AvgIpc) is 3.33. The van der Waals surface area contributed by atoms with E-state index in [0.29, 0.717) is 19.0 Å². The van der Waals surface area contributed by atoms with Gasteiger partial charge in [0.15, 0.2) is 0 Å². The molecule has 24 heavy (non-hydrogen) atoms. The summed E-state index contributed by atoms with van der Waals surface area (Å²) in [6.45, 7) is 1.29. The lowest BCUT2D eigenvalue weighted by atomic mass is 9.96. The number of hydrogen-bond donors (Lipinski definition) is 1. The van der Waals surface area contributed by atoms with Gasteiger partial charge in [0, 0.05) is 50.1 Å². The minimum atomic E-state index is 0.00343.